The third-order valence-corrected chi connectivity index (χ3v) is 8.13. The zero-order valence-corrected chi connectivity index (χ0v) is 22.9. The van der Waals surface area contributed by atoms with Gasteiger partial charge in [-0.25, -0.2) is 8.42 Å². The molecule has 1 amide bonds. The van der Waals surface area contributed by atoms with Crippen LogP contribution >= 0.6 is 0 Å². The molecule has 1 atom stereocenters. The van der Waals surface area contributed by atoms with E-state index in [1.165, 1.54) is 6.07 Å². The van der Waals surface area contributed by atoms with Crippen LogP contribution in [0.4, 0.5) is 5.69 Å². The first kappa shape index (κ1) is 27.5. The molecular weight excluding hydrogens is 502 g/mol. The quantitative estimate of drug-likeness (QED) is 0.425. The van der Waals surface area contributed by atoms with Crippen LogP contribution in [0.15, 0.2) is 77.7 Å². The summed E-state index contributed by atoms with van der Waals surface area (Å²) in [6, 6.07) is 21.1. The summed E-state index contributed by atoms with van der Waals surface area (Å²) in [5.74, 6) is 1.20. The number of aryl methyl sites for hydroxylation is 1. The highest BCUT2D eigenvalue weighted by Gasteiger charge is 2.31. The fraction of sp³-hybridized carbons (Fsp3) is 0.345. The molecule has 202 valence electrons. The maximum atomic E-state index is 13.7. The third-order valence-electron chi connectivity index (χ3n) is 6.66. The lowest BCUT2D eigenvalue weighted by Crippen LogP contribution is -2.55. The maximum absolute atomic E-state index is 13.7. The van der Waals surface area contributed by atoms with E-state index in [4.69, 9.17) is 9.47 Å². The Morgan fingerprint density at radius 3 is 2.26 bits per heavy atom. The zero-order chi connectivity index (χ0) is 27.1. The Morgan fingerprint density at radius 1 is 0.974 bits per heavy atom. The Bertz CT molecular complexity index is 1320. The topological polar surface area (TPSA) is 88.2 Å². The molecule has 0 unspecified atom stereocenters. The van der Waals surface area contributed by atoms with Crippen molar-refractivity contribution in [3.63, 3.8) is 0 Å². The molecule has 0 aliphatic carbocycles. The van der Waals surface area contributed by atoms with Crippen molar-refractivity contribution in [3.8, 4) is 11.5 Å². The van der Waals surface area contributed by atoms with E-state index in [9.17, 15) is 13.2 Å². The first-order valence-electron chi connectivity index (χ1n) is 12.8. The molecule has 1 N–H and O–H groups in total. The van der Waals surface area contributed by atoms with Gasteiger partial charge < -0.3 is 19.3 Å². The lowest BCUT2D eigenvalue weighted by atomic mass is 10.1. The number of sulfonamides is 1. The van der Waals surface area contributed by atoms with Crippen LogP contribution in [0.5, 0.6) is 11.5 Å². The molecule has 9 heteroatoms. The minimum atomic E-state index is -3.95. The summed E-state index contributed by atoms with van der Waals surface area (Å²) < 4.78 is 40.3. The van der Waals surface area contributed by atoms with Gasteiger partial charge in [-0.3, -0.25) is 4.79 Å². The van der Waals surface area contributed by atoms with E-state index in [2.05, 4.69) is 9.62 Å². The van der Waals surface area contributed by atoms with Gasteiger partial charge in [0.25, 0.3) is 0 Å². The van der Waals surface area contributed by atoms with Gasteiger partial charge in [-0.1, -0.05) is 30.3 Å². The second kappa shape index (κ2) is 12.3. The van der Waals surface area contributed by atoms with E-state index in [1.54, 1.807) is 31.1 Å². The van der Waals surface area contributed by atoms with Crippen LogP contribution in [0.1, 0.15) is 18.1 Å². The monoisotopic (exact) mass is 537 g/mol. The number of ether oxygens (including phenoxy) is 2. The van der Waals surface area contributed by atoms with Gasteiger partial charge in [0.05, 0.1) is 18.6 Å². The van der Waals surface area contributed by atoms with Crippen LogP contribution < -0.4 is 19.1 Å². The molecule has 0 bridgehead atoms. The number of carbonyl (C=O) groups excluding carboxylic acids is 1. The third kappa shape index (κ3) is 6.65. The summed E-state index contributed by atoms with van der Waals surface area (Å²) in [6.07, 6.45) is 0.258. The molecular formula is C29H35N3O5S. The molecule has 1 fully saturated rings. The van der Waals surface area contributed by atoms with Crippen molar-refractivity contribution in [2.45, 2.75) is 31.2 Å². The summed E-state index contributed by atoms with van der Waals surface area (Å²) in [5.41, 5.74) is 2.66. The normalized spacial score (nSPS) is 14.7. The van der Waals surface area contributed by atoms with E-state index >= 15 is 0 Å². The van der Waals surface area contributed by atoms with Gasteiger partial charge in [-0.15, -0.1) is 0 Å². The summed E-state index contributed by atoms with van der Waals surface area (Å²) in [6.45, 7) is 6.48. The van der Waals surface area contributed by atoms with E-state index < -0.39 is 16.1 Å². The van der Waals surface area contributed by atoms with Gasteiger partial charge in [0.1, 0.15) is 17.5 Å². The minimum absolute atomic E-state index is 0.105. The Labute approximate surface area is 225 Å². The number of nitrogens with zero attached hydrogens (tertiary/aromatic N) is 2. The summed E-state index contributed by atoms with van der Waals surface area (Å²) in [7, 11) is -2.32. The number of hydrogen-bond acceptors (Lipinski definition) is 6. The fourth-order valence-electron chi connectivity index (χ4n) is 4.59. The second-order valence-corrected chi connectivity index (χ2v) is 10.9. The lowest BCUT2D eigenvalue weighted by molar-refractivity contribution is -0.133. The highest BCUT2D eigenvalue weighted by atomic mass is 32.2. The average Bonchev–Trinajstić information content (AvgIpc) is 2.94. The lowest BCUT2D eigenvalue weighted by Gasteiger charge is -2.37. The predicted molar refractivity (Wildman–Crippen MR) is 148 cm³/mol. The van der Waals surface area contributed by atoms with Crippen molar-refractivity contribution in [2.75, 3.05) is 44.8 Å². The smallest absolute Gasteiger partial charge is 0.241 e. The van der Waals surface area contributed by atoms with E-state index in [0.717, 1.165) is 22.6 Å². The molecule has 38 heavy (non-hydrogen) atoms. The molecule has 8 nitrogen and oxygen atoms in total. The highest BCUT2D eigenvalue weighted by Crippen LogP contribution is 2.23. The zero-order valence-electron chi connectivity index (χ0n) is 22.1. The molecule has 1 heterocycles. The molecule has 1 aliphatic heterocycles. The van der Waals surface area contributed by atoms with Crippen LogP contribution in [-0.2, 0) is 21.2 Å². The molecule has 3 aromatic carbocycles. The fourth-order valence-corrected chi connectivity index (χ4v) is 5.86. The number of piperazine rings is 1. The number of carbonyl (C=O) groups is 1. The van der Waals surface area contributed by atoms with Crippen molar-refractivity contribution < 1.29 is 22.7 Å². The van der Waals surface area contributed by atoms with E-state index in [0.29, 0.717) is 38.5 Å². The Kier molecular flexibility index (Phi) is 8.91. The van der Waals surface area contributed by atoms with Crippen molar-refractivity contribution in [1.82, 2.24) is 9.62 Å². The molecule has 3 aromatic rings. The highest BCUT2D eigenvalue weighted by molar-refractivity contribution is 7.89. The first-order valence-corrected chi connectivity index (χ1v) is 14.3. The van der Waals surface area contributed by atoms with Crippen LogP contribution in [0, 0.1) is 6.92 Å². The van der Waals surface area contributed by atoms with Crippen molar-refractivity contribution in [1.29, 1.82) is 0 Å². The van der Waals surface area contributed by atoms with Crippen molar-refractivity contribution in [2.24, 2.45) is 0 Å². The van der Waals surface area contributed by atoms with Gasteiger partial charge in [0, 0.05) is 31.9 Å². The van der Waals surface area contributed by atoms with Crippen LogP contribution in [0.25, 0.3) is 0 Å². The Hall–Kier alpha value is -3.56. The van der Waals surface area contributed by atoms with Crippen LogP contribution in [0.3, 0.4) is 0 Å². The summed E-state index contributed by atoms with van der Waals surface area (Å²) in [4.78, 5) is 17.8. The number of nitrogens with one attached hydrogen (secondary N) is 1. The molecule has 4 rings (SSSR count). The van der Waals surface area contributed by atoms with Gasteiger partial charge in [-0.2, -0.15) is 4.72 Å². The van der Waals surface area contributed by atoms with Gasteiger partial charge in [0.15, 0.2) is 0 Å². The standard InChI is InChI=1S/C29H35N3O5S/c1-4-37-28-15-14-26(20-22(28)2)38(34,35)30-27(21-23-8-6-5-7-9-23)29(33)32-18-16-31(17-19-32)24-10-12-25(36-3)13-11-24/h5-15,20,27,30H,4,16-19,21H2,1-3H3/t27-/m0/s1. The number of amides is 1. The number of hydrogen-bond donors (Lipinski definition) is 1. The van der Waals surface area contributed by atoms with Gasteiger partial charge in [0.2, 0.25) is 15.9 Å². The maximum Gasteiger partial charge on any atom is 0.241 e. The Balaban J connectivity index is 1.50. The molecule has 0 aromatic heterocycles. The molecule has 0 radical (unpaired) electrons. The number of rotatable bonds is 10. The first-order chi connectivity index (χ1) is 18.3. The summed E-state index contributed by atoms with van der Waals surface area (Å²) >= 11 is 0. The van der Waals surface area contributed by atoms with Crippen molar-refractivity contribution in [3.05, 3.63) is 83.9 Å². The molecule has 1 aliphatic rings. The SMILES string of the molecule is CCOc1ccc(S(=O)(=O)N[C@@H](Cc2ccccc2)C(=O)N2CCN(c3ccc(OC)cc3)CC2)cc1C. The average molecular weight is 538 g/mol. The molecule has 1 saturated heterocycles. The number of benzene rings is 3. The largest absolute Gasteiger partial charge is 0.497 e. The predicted octanol–water partition coefficient (Wildman–Crippen LogP) is 3.64. The number of anilines is 1. The van der Waals surface area contributed by atoms with E-state index in [-0.39, 0.29) is 17.2 Å². The van der Waals surface area contributed by atoms with Crippen LogP contribution in [0.2, 0.25) is 0 Å². The Morgan fingerprint density at radius 2 is 1.66 bits per heavy atom. The minimum Gasteiger partial charge on any atom is -0.497 e. The van der Waals surface area contributed by atoms with Crippen molar-refractivity contribution >= 4 is 21.6 Å². The van der Waals surface area contributed by atoms with Gasteiger partial charge >= 0.3 is 0 Å². The molecule has 0 saturated carbocycles. The number of methoxy groups -OCH3 is 1. The van der Waals surface area contributed by atoms with E-state index in [1.807, 2.05) is 61.5 Å². The van der Waals surface area contributed by atoms with Gasteiger partial charge in [-0.05, 0) is 73.9 Å². The van der Waals surface area contributed by atoms with Crippen LogP contribution in [-0.4, -0.2) is 65.2 Å². The second-order valence-electron chi connectivity index (χ2n) is 9.23. The molecule has 0 spiro atoms. The summed E-state index contributed by atoms with van der Waals surface area (Å²) in [5, 5.41) is 0.